The van der Waals surface area contributed by atoms with Gasteiger partial charge >= 0.3 is 0 Å². The first-order chi connectivity index (χ1) is 11.8. The molecule has 2 aromatic heterocycles. The van der Waals surface area contributed by atoms with Crippen molar-refractivity contribution in [3.63, 3.8) is 0 Å². The zero-order chi connectivity index (χ0) is 16.6. The number of hydrogen-bond acceptors (Lipinski definition) is 3. The van der Waals surface area contributed by atoms with Crippen LogP contribution in [0.4, 0.5) is 0 Å². The fourth-order valence-corrected chi connectivity index (χ4v) is 2.56. The molecule has 0 fully saturated rings. The van der Waals surface area contributed by atoms with Crippen LogP contribution in [0, 0.1) is 0 Å². The Balaban J connectivity index is 1.71. The van der Waals surface area contributed by atoms with Crippen LogP contribution in [0.2, 0.25) is 0 Å². The summed E-state index contributed by atoms with van der Waals surface area (Å²) in [6.45, 7) is 0. The summed E-state index contributed by atoms with van der Waals surface area (Å²) in [5, 5.41) is 3.10. The molecule has 3 aromatic rings. The van der Waals surface area contributed by atoms with Crippen molar-refractivity contribution in [2.75, 3.05) is 0 Å². The van der Waals surface area contributed by atoms with Crippen molar-refractivity contribution in [1.29, 1.82) is 0 Å². The summed E-state index contributed by atoms with van der Waals surface area (Å²) < 4.78 is 0. The van der Waals surface area contributed by atoms with Crippen molar-refractivity contribution >= 4 is 5.91 Å². The van der Waals surface area contributed by atoms with Crippen LogP contribution in [0.5, 0.6) is 0 Å². The van der Waals surface area contributed by atoms with E-state index in [0.717, 1.165) is 16.8 Å². The first-order valence-corrected chi connectivity index (χ1v) is 7.97. The highest BCUT2D eigenvalue weighted by atomic mass is 16.1. The molecule has 1 aromatic carbocycles. The van der Waals surface area contributed by atoms with Crippen LogP contribution in [0.1, 0.15) is 29.3 Å². The third kappa shape index (κ3) is 4.26. The van der Waals surface area contributed by atoms with Gasteiger partial charge in [-0.3, -0.25) is 14.8 Å². The molecule has 4 heteroatoms. The summed E-state index contributed by atoms with van der Waals surface area (Å²) >= 11 is 0. The van der Waals surface area contributed by atoms with Gasteiger partial charge < -0.3 is 5.32 Å². The Labute approximate surface area is 141 Å². The largest absolute Gasteiger partial charge is 0.344 e. The van der Waals surface area contributed by atoms with E-state index in [1.807, 2.05) is 60.7 Å². The second-order valence-electron chi connectivity index (χ2n) is 5.53. The molecule has 2 heterocycles. The minimum Gasteiger partial charge on any atom is -0.344 e. The number of rotatable bonds is 6. The maximum Gasteiger partial charge on any atom is 0.221 e. The molecule has 0 spiro atoms. The molecular formula is C20H19N3O. The summed E-state index contributed by atoms with van der Waals surface area (Å²) in [5.41, 5.74) is 2.91. The zero-order valence-corrected chi connectivity index (χ0v) is 13.3. The van der Waals surface area contributed by atoms with E-state index >= 15 is 0 Å². The molecule has 0 aliphatic rings. The van der Waals surface area contributed by atoms with E-state index in [4.69, 9.17) is 0 Å². The molecular weight excluding hydrogens is 298 g/mol. The van der Waals surface area contributed by atoms with Crippen LogP contribution >= 0.6 is 0 Å². The molecule has 0 bridgehead atoms. The van der Waals surface area contributed by atoms with Gasteiger partial charge in [0.2, 0.25) is 5.91 Å². The Morgan fingerprint density at radius 2 is 1.79 bits per heavy atom. The van der Waals surface area contributed by atoms with E-state index in [2.05, 4.69) is 15.3 Å². The third-order valence-electron chi connectivity index (χ3n) is 3.79. The minimum absolute atomic E-state index is 0.00152. The van der Waals surface area contributed by atoms with E-state index in [1.54, 1.807) is 18.6 Å². The lowest BCUT2D eigenvalue weighted by Crippen LogP contribution is -2.30. The van der Waals surface area contributed by atoms with Gasteiger partial charge in [0.1, 0.15) is 0 Å². The van der Waals surface area contributed by atoms with Crippen LogP contribution < -0.4 is 5.32 Å². The minimum atomic E-state index is -0.242. The highest BCUT2D eigenvalue weighted by Crippen LogP contribution is 2.20. The van der Waals surface area contributed by atoms with Crippen molar-refractivity contribution in [2.45, 2.75) is 18.9 Å². The summed E-state index contributed by atoms with van der Waals surface area (Å²) in [6.07, 6.45) is 6.36. The fourth-order valence-electron chi connectivity index (χ4n) is 2.56. The molecule has 120 valence electrons. The van der Waals surface area contributed by atoms with Gasteiger partial charge in [-0.1, -0.05) is 42.5 Å². The summed E-state index contributed by atoms with van der Waals surface area (Å²) in [5.74, 6) is -0.00152. The maximum atomic E-state index is 12.4. The van der Waals surface area contributed by atoms with E-state index in [-0.39, 0.29) is 11.9 Å². The molecule has 0 saturated heterocycles. The molecule has 0 radical (unpaired) electrons. The summed E-state index contributed by atoms with van der Waals surface area (Å²) in [7, 11) is 0. The van der Waals surface area contributed by atoms with Gasteiger partial charge in [-0.2, -0.15) is 0 Å². The molecule has 0 saturated carbocycles. The number of hydrogen-bond donors (Lipinski definition) is 1. The van der Waals surface area contributed by atoms with E-state index in [1.165, 1.54) is 0 Å². The monoisotopic (exact) mass is 317 g/mol. The lowest BCUT2D eigenvalue weighted by Gasteiger charge is -2.19. The molecule has 1 atom stereocenters. The fraction of sp³-hybridized carbons (Fsp3) is 0.150. The van der Waals surface area contributed by atoms with Crippen LogP contribution in [-0.2, 0) is 11.2 Å². The Kier molecular flexibility index (Phi) is 5.30. The molecule has 0 aliphatic heterocycles. The van der Waals surface area contributed by atoms with Gasteiger partial charge in [-0.05, 0) is 35.7 Å². The lowest BCUT2D eigenvalue weighted by molar-refractivity contribution is -0.121. The smallest absolute Gasteiger partial charge is 0.221 e. The second kappa shape index (κ2) is 8.02. The van der Waals surface area contributed by atoms with Crippen molar-refractivity contribution in [2.24, 2.45) is 0 Å². The van der Waals surface area contributed by atoms with Crippen molar-refractivity contribution in [3.8, 4) is 0 Å². The Bertz CT molecular complexity index is 721. The number of aryl methyl sites for hydroxylation is 1. The van der Waals surface area contributed by atoms with Crippen LogP contribution in [0.25, 0.3) is 0 Å². The topological polar surface area (TPSA) is 54.9 Å². The molecule has 1 N–H and O–H groups in total. The van der Waals surface area contributed by atoms with Crippen molar-refractivity contribution in [1.82, 2.24) is 15.3 Å². The van der Waals surface area contributed by atoms with Gasteiger partial charge in [-0.15, -0.1) is 0 Å². The number of pyridine rings is 2. The number of aromatic nitrogens is 2. The van der Waals surface area contributed by atoms with Gasteiger partial charge in [0, 0.05) is 25.0 Å². The van der Waals surface area contributed by atoms with Gasteiger partial charge in [0.25, 0.3) is 0 Å². The number of amides is 1. The molecule has 4 nitrogen and oxygen atoms in total. The number of carbonyl (C=O) groups is 1. The Hall–Kier alpha value is -3.01. The second-order valence-corrected chi connectivity index (χ2v) is 5.53. The van der Waals surface area contributed by atoms with E-state index in [9.17, 15) is 4.79 Å². The highest BCUT2D eigenvalue weighted by molar-refractivity contribution is 5.77. The average molecular weight is 317 g/mol. The SMILES string of the molecule is O=C(CCc1cccnc1)NC(c1ccccc1)c1ccccn1. The lowest BCUT2D eigenvalue weighted by atomic mass is 10.0. The van der Waals surface area contributed by atoms with Gasteiger partial charge in [0.05, 0.1) is 11.7 Å². The number of nitrogens with one attached hydrogen (secondary N) is 1. The Morgan fingerprint density at radius 1 is 0.958 bits per heavy atom. The molecule has 1 amide bonds. The first-order valence-electron chi connectivity index (χ1n) is 7.97. The summed E-state index contributed by atoms with van der Waals surface area (Å²) in [4.78, 5) is 20.9. The standard InChI is InChI=1S/C20H19N3O/c24-19(12-11-16-7-6-13-21-15-16)23-20(17-8-2-1-3-9-17)18-10-4-5-14-22-18/h1-10,13-15,20H,11-12H2,(H,23,24). The summed E-state index contributed by atoms with van der Waals surface area (Å²) in [6, 6.07) is 19.2. The van der Waals surface area contributed by atoms with Crippen LogP contribution in [0.3, 0.4) is 0 Å². The molecule has 24 heavy (non-hydrogen) atoms. The predicted octanol–water partition coefficient (Wildman–Crippen LogP) is 3.32. The first kappa shape index (κ1) is 15.9. The number of carbonyl (C=O) groups excluding carboxylic acids is 1. The maximum absolute atomic E-state index is 12.4. The van der Waals surface area contributed by atoms with E-state index < -0.39 is 0 Å². The van der Waals surface area contributed by atoms with Crippen molar-refractivity contribution in [3.05, 3.63) is 96.1 Å². The third-order valence-corrected chi connectivity index (χ3v) is 3.79. The molecule has 0 aliphatic carbocycles. The molecule has 3 rings (SSSR count). The van der Waals surface area contributed by atoms with Crippen LogP contribution in [-0.4, -0.2) is 15.9 Å². The normalized spacial score (nSPS) is 11.7. The molecule has 1 unspecified atom stereocenters. The van der Waals surface area contributed by atoms with Gasteiger partial charge in [0.15, 0.2) is 0 Å². The van der Waals surface area contributed by atoms with Crippen molar-refractivity contribution < 1.29 is 4.79 Å². The van der Waals surface area contributed by atoms with E-state index in [0.29, 0.717) is 12.8 Å². The average Bonchev–Trinajstić information content (AvgIpc) is 2.67. The quantitative estimate of drug-likeness (QED) is 0.759. The number of benzene rings is 1. The number of nitrogens with zero attached hydrogens (tertiary/aromatic N) is 2. The van der Waals surface area contributed by atoms with Crippen LogP contribution in [0.15, 0.2) is 79.3 Å². The van der Waals surface area contributed by atoms with Gasteiger partial charge in [-0.25, -0.2) is 0 Å². The Morgan fingerprint density at radius 3 is 2.50 bits per heavy atom. The predicted molar refractivity (Wildman–Crippen MR) is 93.2 cm³/mol. The zero-order valence-electron chi connectivity index (χ0n) is 13.3. The highest BCUT2D eigenvalue weighted by Gasteiger charge is 2.17.